The molecule has 0 saturated carbocycles. The Labute approximate surface area is 626 Å². The summed E-state index contributed by atoms with van der Waals surface area (Å²) in [5.74, 6) is -8.94. The minimum absolute atomic E-state index is 0.152. The van der Waals surface area contributed by atoms with E-state index in [1.165, 1.54) is 48.5 Å². The van der Waals surface area contributed by atoms with E-state index in [9.17, 15) is 17.2 Å². The summed E-state index contributed by atoms with van der Waals surface area (Å²) in [5, 5.41) is 0. The quantitative estimate of drug-likeness (QED) is 0.105. The molecule has 530 valence electrons. The maximum atomic E-state index is 17.4. The third kappa shape index (κ3) is 8.17. The standard InChI is InChI=1S/2C47H36F4Si.2ClH.Hf/c2*1-28-22-38-34(32-24-40(48)44(41(49)25-32)30-14-6-4-7-15-30)18-10-12-20-36(38)46(28)52(3)47-29(2)23-39-35(19-11-13-21-37(39)47)33-26-42(50)45(43(51)27-33)31-16-8-5-9-17-31;;;/h2*4-27,34-35,52H,1-3H3;2*1H;/q;;;;+2/p-2. The molecule has 0 radical (unpaired) electrons. The molecule has 13 heteroatoms. The summed E-state index contributed by atoms with van der Waals surface area (Å²) in [6, 6.07) is 46.2. The molecule has 0 bridgehead atoms. The van der Waals surface area contributed by atoms with Crippen molar-refractivity contribution < 1.29 is 49.8 Å². The van der Waals surface area contributed by atoms with Gasteiger partial charge in [-0.05, 0) is 0 Å². The molecule has 8 aromatic carbocycles. The summed E-state index contributed by atoms with van der Waals surface area (Å²) in [6.07, 6.45) is 41.1. The van der Waals surface area contributed by atoms with E-state index in [-0.39, 0.29) is 22.3 Å². The topological polar surface area (TPSA) is 0 Å². The Balaban J connectivity index is 0.982. The molecule has 0 aromatic heterocycles. The Kier molecular flexibility index (Phi) is 15.8. The van der Waals surface area contributed by atoms with Crippen LogP contribution in [-0.4, -0.2) is 17.6 Å². The third-order valence-electron chi connectivity index (χ3n) is 27.1. The van der Waals surface area contributed by atoms with E-state index in [1.54, 1.807) is 121 Å². The minimum atomic E-state index is -8.61. The fourth-order valence-corrected chi connectivity index (χ4v) is 196. The summed E-state index contributed by atoms with van der Waals surface area (Å²) in [4.78, 5) is 0. The van der Waals surface area contributed by atoms with Gasteiger partial charge in [0.25, 0.3) is 0 Å². The van der Waals surface area contributed by atoms with Gasteiger partial charge in [0.2, 0.25) is 0 Å². The molecule has 0 nitrogen and oxygen atoms in total. The Morgan fingerprint density at radius 3 is 0.664 bits per heavy atom. The number of hydrogen-bond donors (Lipinski definition) is 0. The van der Waals surface area contributed by atoms with Crippen molar-refractivity contribution in [2.75, 3.05) is 0 Å². The number of benzene rings is 8. The van der Waals surface area contributed by atoms with Crippen LogP contribution in [0.1, 0.15) is 73.6 Å². The number of halogens is 10. The van der Waals surface area contributed by atoms with Crippen molar-refractivity contribution in [3.8, 4) is 44.5 Å². The van der Waals surface area contributed by atoms with Gasteiger partial charge in [-0.1, -0.05) is 0 Å². The number of allylic oxidation sites excluding steroid dienone is 32. The van der Waals surface area contributed by atoms with Gasteiger partial charge < -0.3 is 0 Å². The number of rotatable bonds is 8. The van der Waals surface area contributed by atoms with E-state index in [0.29, 0.717) is 44.5 Å². The van der Waals surface area contributed by atoms with Gasteiger partial charge in [-0.15, -0.1) is 0 Å². The zero-order valence-corrected chi connectivity index (χ0v) is 66.9. The van der Waals surface area contributed by atoms with E-state index in [1.807, 2.05) is 72.9 Å². The normalized spacial score (nSPS) is 28.9. The first-order chi connectivity index (χ1) is 51.5. The van der Waals surface area contributed by atoms with Crippen LogP contribution >= 0.6 is 17.2 Å². The van der Waals surface area contributed by atoms with E-state index in [0.717, 1.165) is 66.9 Å². The first kappa shape index (κ1) is 69.7. The van der Waals surface area contributed by atoms with Crippen LogP contribution in [0.5, 0.6) is 0 Å². The van der Waals surface area contributed by atoms with Crippen LogP contribution in [0.15, 0.2) is 358 Å². The molecule has 2 aliphatic heterocycles. The van der Waals surface area contributed by atoms with Crippen molar-refractivity contribution in [3.05, 3.63) is 427 Å². The third-order valence-corrected chi connectivity index (χ3v) is 144. The van der Waals surface area contributed by atoms with E-state index in [4.69, 9.17) is 0 Å². The molecular weight excluding hydrogens is 1590 g/mol. The molecule has 5 spiro atoms. The zero-order chi connectivity index (χ0) is 74.3. The van der Waals surface area contributed by atoms with Gasteiger partial charge >= 0.3 is 632 Å². The molecular formula is C94H72Cl2F8HfSi2. The molecule has 8 aliphatic carbocycles. The van der Waals surface area contributed by atoms with Gasteiger partial charge in [0, 0.05) is 0 Å². The summed E-state index contributed by atoms with van der Waals surface area (Å²) in [5.41, 5.74) is 12.4. The first-order valence-electron chi connectivity index (χ1n) is 36.6. The van der Waals surface area contributed by atoms with Crippen molar-refractivity contribution in [1.82, 2.24) is 0 Å². The maximum absolute atomic E-state index is 17.4. The van der Waals surface area contributed by atoms with Crippen molar-refractivity contribution in [2.45, 2.75) is 75.6 Å². The van der Waals surface area contributed by atoms with Crippen LogP contribution in [0.4, 0.5) is 35.1 Å². The van der Waals surface area contributed by atoms with Gasteiger partial charge in [0.05, 0.1) is 0 Å². The molecule has 2 saturated heterocycles. The molecule has 18 rings (SSSR count). The monoisotopic (exact) mass is 1660 g/mol. The van der Waals surface area contributed by atoms with Crippen molar-refractivity contribution in [2.24, 2.45) is 0 Å². The molecule has 8 atom stereocenters. The fraction of sp³-hybridized carbons (Fsp3) is 0.149. The van der Waals surface area contributed by atoms with Crippen LogP contribution in [0.25, 0.3) is 44.5 Å². The average Bonchev–Trinajstić information content (AvgIpc) is 1.51. The summed E-state index contributed by atoms with van der Waals surface area (Å²) in [6.45, 7) is 13.4. The van der Waals surface area contributed by atoms with E-state index in [2.05, 4.69) is 89.4 Å². The molecule has 8 aromatic rings. The fourth-order valence-electron chi connectivity index (χ4n) is 24.5. The van der Waals surface area contributed by atoms with Crippen LogP contribution in [0, 0.1) is 46.5 Å². The van der Waals surface area contributed by atoms with Gasteiger partial charge in [0.1, 0.15) is 0 Å². The second kappa shape index (κ2) is 24.2. The molecule has 0 N–H and O–H groups in total. The Morgan fingerprint density at radius 1 is 0.290 bits per heavy atom. The average molecular weight is 1660 g/mol. The number of fused-ring (bicyclic) bond motifs is 8. The second-order valence-electron chi connectivity index (χ2n) is 30.8. The second-order valence-corrected chi connectivity index (χ2v) is 85.2. The molecule has 0 amide bonds. The SMILES string of the molecule is CC1=CC2=C(C=CC=CC2c2cc(F)c(-c3ccccc3)c(F)c2)[C]12[SiH](C)[C]1(C(C)=CC3=C1C=CC=CC3c1cc(F)c(-c3ccccc3)c(F)c1)[Hf]21([Cl])([Cl])[C]2(C(C)=CC3=C2C=CC=CC3c2cc(F)c(-c3ccccc3)c(F)c2)[SiH](C)[C]12C(C)=CC1=C2C=CC=CC1c1cc(F)c(-c2ccccc2)c(F)c1. The van der Waals surface area contributed by atoms with E-state index < -0.39 is 114 Å². The predicted octanol–water partition coefficient (Wildman–Crippen LogP) is 26.5. The predicted molar refractivity (Wildman–Crippen MR) is 423 cm³/mol. The van der Waals surface area contributed by atoms with E-state index >= 15 is 35.1 Å². The first-order valence-corrected chi connectivity index (χ1v) is 57.3. The van der Waals surface area contributed by atoms with Gasteiger partial charge in [-0.25, -0.2) is 0 Å². The molecule has 10 aliphatic rings. The molecule has 2 fully saturated rings. The summed E-state index contributed by atoms with van der Waals surface area (Å²) >= 11 is -8.61. The molecule has 8 unspecified atom stereocenters. The Morgan fingerprint density at radius 2 is 0.477 bits per heavy atom. The van der Waals surface area contributed by atoms with Gasteiger partial charge in [-0.3, -0.25) is 0 Å². The zero-order valence-electron chi connectivity index (χ0n) is 59.5. The van der Waals surface area contributed by atoms with Crippen LogP contribution in [0.2, 0.25) is 24.3 Å². The van der Waals surface area contributed by atoms with Crippen LogP contribution in [0.3, 0.4) is 0 Å². The van der Waals surface area contributed by atoms with Crippen LogP contribution in [-0.2, 0) is 14.7 Å². The Hall–Kier alpha value is -9.08. The van der Waals surface area contributed by atoms with Crippen molar-refractivity contribution >= 4 is 34.7 Å². The van der Waals surface area contributed by atoms with Crippen molar-refractivity contribution in [3.63, 3.8) is 0 Å². The summed E-state index contributed by atoms with van der Waals surface area (Å²) < 4.78 is 134. The van der Waals surface area contributed by atoms with Crippen molar-refractivity contribution in [1.29, 1.82) is 0 Å². The van der Waals surface area contributed by atoms with Gasteiger partial charge in [0.15, 0.2) is 0 Å². The molecule has 107 heavy (non-hydrogen) atoms. The van der Waals surface area contributed by atoms with Crippen LogP contribution < -0.4 is 0 Å². The number of hydrogen-bond acceptors (Lipinski definition) is 0. The Bertz CT molecular complexity index is 5070. The van der Waals surface area contributed by atoms with Gasteiger partial charge in [-0.2, -0.15) is 0 Å². The molecule has 2 heterocycles. The summed E-state index contributed by atoms with van der Waals surface area (Å²) in [7, 11) is 16.3.